The molecule has 0 amide bonds. The Morgan fingerprint density at radius 3 is 2.60 bits per heavy atom. The predicted octanol–water partition coefficient (Wildman–Crippen LogP) is 5.64. The average Bonchev–Trinajstić information content (AvgIpc) is 3.31. The number of hydrazone groups is 1. The predicted molar refractivity (Wildman–Crippen MR) is 101 cm³/mol. The van der Waals surface area contributed by atoms with E-state index >= 15 is 0 Å². The van der Waals surface area contributed by atoms with Gasteiger partial charge in [-0.15, -0.1) is 11.3 Å². The molecule has 0 N–H and O–H groups in total. The molecule has 3 heterocycles. The van der Waals surface area contributed by atoms with Crippen LogP contribution in [0.4, 0.5) is 0 Å². The van der Waals surface area contributed by atoms with Crippen molar-refractivity contribution in [1.29, 1.82) is 0 Å². The monoisotopic (exact) mass is 366 g/mol. The van der Waals surface area contributed by atoms with Crippen LogP contribution in [-0.4, -0.2) is 10.7 Å². The summed E-state index contributed by atoms with van der Waals surface area (Å²) in [6, 6.07) is 20.4. The van der Waals surface area contributed by atoms with Gasteiger partial charge >= 0.3 is 0 Å². The van der Waals surface area contributed by atoms with E-state index in [1.165, 1.54) is 10.4 Å². The van der Waals surface area contributed by atoms with E-state index in [0.29, 0.717) is 5.02 Å². The summed E-state index contributed by atoms with van der Waals surface area (Å²) in [6.07, 6.45) is 0.563. The van der Waals surface area contributed by atoms with E-state index in [9.17, 15) is 0 Å². The first-order chi connectivity index (χ1) is 12.3. The number of thiophene rings is 1. The second-order valence-electron chi connectivity index (χ2n) is 6.15. The Morgan fingerprint density at radius 2 is 1.80 bits per heavy atom. The summed E-state index contributed by atoms with van der Waals surface area (Å²) in [4.78, 5) is 1.21. The molecule has 124 valence electrons. The van der Waals surface area contributed by atoms with E-state index < -0.39 is 0 Å². The Hall–Kier alpha value is -2.30. The van der Waals surface area contributed by atoms with Crippen molar-refractivity contribution in [2.45, 2.75) is 18.7 Å². The number of fused-ring (bicyclic) bond motifs is 3. The van der Waals surface area contributed by atoms with E-state index in [2.05, 4.69) is 34.7 Å². The van der Waals surface area contributed by atoms with Gasteiger partial charge in [-0.05, 0) is 23.6 Å². The van der Waals surface area contributed by atoms with Crippen LogP contribution in [0, 0.1) is 0 Å². The van der Waals surface area contributed by atoms with Gasteiger partial charge in [-0.1, -0.05) is 54.1 Å². The first-order valence-corrected chi connectivity index (χ1v) is 9.47. The number of ether oxygens (including phenoxy) is 1. The molecule has 2 aliphatic rings. The van der Waals surface area contributed by atoms with Gasteiger partial charge < -0.3 is 4.74 Å². The van der Waals surface area contributed by atoms with Crippen molar-refractivity contribution in [2.24, 2.45) is 5.10 Å². The molecule has 0 bridgehead atoms. The summed E-state index contributed by atoms with van der Waals surface area (Å²) in [5.41, 5.74) is 3.23. The molecule has 2 aliphatic heterocycles. The average molecular weight is 367 g/mol. The highest BCUT2D eigenvalue weighted by molar-refractivity contribution is 7.12. The maximum absolute atomic E-state index is 6.46. The van der Waals surface area contributed by atoms with Gasteiger partial charge in [-0.25, -0.2) is 5.01 Å². The second kappa shape index (κ2) is 5.90. The highest BCUT2D eigenvalue weighted by Crippen LogP contribution is 2.48. The Kier molecular flexibility index (Phi) is 3.54. The summed E-state index contributed by atoms with van der Waals surface area (Å²) in [6.45, 7) is 0. The van der Waals surface area contributed by atoms with Gasteiger partial charge in [0.15, 0.2) is 0 Å². The molecule has 0 spiro atoms. The maximum atomic E-state index is 6.46. The third-order valence-electron chi connectivity index (χ3n) is 4.68. The van der Waals surface area contributed by atoms with Crippen LogP contribution in [0.2, 0.25) is 5.02 Å². The van der Waals surface area contributed by atoms with E-state index in [0.717, 1.165) is 23.4 Å². The van der Waals surface area contributed by atoms with Gasteiger partial charge in [-0.2, -0.15) is 5.10 Å². The van der Waals surface area contributed by atoms with Crippen molar-refractivity contribution in [1.82, 2.24) is 5.01 Å². The van der Waals surface area contributed by atoms with Gasteiger partial charge in [0.25, 0.3) is 0 Å². The zero-order chi connectivity index (χ0) is 16.8. The lowest BCUT2D eigenvalue weighted by molar-refractivity contribution is -0.0189. The molecule has 2 aromatic carbocycles. The molecule has 3 aromatic rings. The molecule has 0 saturated heterocycles. The highest BCUT2D eigenvalue weighted by atomic mass is 35.5. The zero-order valence-corrected chi connectivity index (χ0v) is 14.9. The van der Waals surface area contributed by atoms with Crippen molar-refractivity contribution >= 4 is 28.6 Å². The summed E-state index contributed by atoms with van der Waals surface area (Å²) in [5, 5.41) is 9.78. The molecule has 2 atom stereocenters. The summed E-state index contributed by atoms with van der Waals surface area (Å²) in [7, 11) is 0. The van der Waals surface area contributed by atoms with Gasteiger partial charge in [0.1, 0.15) is 5.75 Å². The number of hydrogen-bond acceptors (Lipinski definition) is 4. The van der Waals surface area contributed by atoms with Crippen molar-refractivity contribution < 1.29 is 4.74 Å². The number of para-hydroxylation sites is 1. The Morgan fingerprint density at radius 1 is 1.00 bits per heavy atom. The first kappa shape index (κ1) is 15.0. The standard InChI is InChI=1S/C20H15ClN2OS/c21-15-8-3-1-6-13(15)20-23-17(14-7-2-4-9-18(14)24-20)12-16(22-23)19-10-5-11-25-19/h1-11,17,20H,12H2/t17-,20-/m0/s1. The van der Waals surface area contributed by atoms with Crippen LogP contribution in [0.15, 0.2) is 71.1 Å². The lowest BCUT2D eigenvalue weighted by Crippen LogP contribution is -2.33. The zero-order valence-electron chi connectivity index (χ0n) is 13.3. The van der Waals surface area contributed by atoms with Crippen LogP contribution >= 0.6 is 22.9 Å². The molecule has 1 aromatic heterocycles. The maximum Gasteiger partial charge on any atom is 0.215 e. The fourth-order valence-corrected chi connectivity index (χ4v) is 4.46. The Labute approximate surface area is 155 Å². The molecular formula is C20H15ClN2OS. The van der Waals surface area contributed by atoms with Crippen LogP contribution in [0.1, 0.15) is 34.7 Å². The molecule has 0 unspecified atom stereocenters. The normalized spacial score (nSPS) is 21.3. The Bertz CT molecular complexity index is 954. The fraction of sp³-hybridized carbons (Fsp3) is 0.150. The smallest absolute Gasteiger partial charge is 0.215 e. The molecule has 0 aliphatic carbocycles. The van der Waals surface area contributed by atoms with Crippen molar-refractivity contribution in [2.75, 3.05) is 0 Å². The van der Waals surface area contributed by atoms with Crippen LogP contribution in [0.3, 0.4) is 0 Å². The van der Waals surface area contributed by atoms with E-state index in [1.54, 1.807) is 11.3 Å². The second-order valence-corrected chi connectivity index (χ2v) is 7.51. The lowest BCUT2D eigenvalue weighted by atomic mass is 9.98. The highest BCUT2D eigenvalue weighted by Gasteiger charge is 2.41. The van der Waals surface area contributed by atoms with Gasteiger partial charge in [-0.3, -0.25) is 0 Å². The van der Waals surface area contributed by atoms with Gasteiger partial charge in [0.05, 0.1) is 16.6 Å². The van der Waals surface area contributed by atoms with E-state index in [-0.39, 0.29) is 12.3 Å². The summed E-state index contributed by atoms with van der Waals surface area (Å²) < 4.78 is 6.32. The molecule has 0 fully saturated rings. The number of hydrogen-bond donors (Lipinski definition) is 0. The number of nitrogens with zero attached hydrogens (tertiary/aromatic N) is 2. The molecule has 5 heteroatoms. The minimum atomic E-state index is -0.314. The van der Waals surface area contributed by atoms with Gasteiger partial charge in [0, 0.05) is 22.6 Å². The molecule has 0 radical (unpaired) electrons. The van der Waals surface area contributed by atoms with Crippen molar-refractivity contribution in [3.63, 3.8) is 0 Å². The van der Waals surface area contributed by atoms with E-state index in [1.807, 2.05) is 36.4 Å². The van der Waals surface area contributed by atoms with Crippen LogP contribution in [0.5, 0.6) is 5.75 Å². The third kappa shape index (κ3) is 2.44. The lowest BCUT2D eigenvalue weighted by Gasteiger charge is -2.38. The molecule has 25 heavy (non-hydrogen) atoms. The third-order valence-corrected chi connectivity index (χ3v) is 5.94. The van der Waals surface area contributed by atoms with Gasteiger partial charge in [0.2, 0.25) is 6.23 Å². The van der Waals surface area contributed by atoms with Crippen LogP contribution in [0.25, 0.3) is 0 Å². The Balaban J connectivity index is 1.63. The molecule has 0 saturated carbocycles. The van der Waals surface area contributed by atoms with E-state index in [4.69, 9.17) is 21.4 Å². The van der Waals surface area contributed by atoms with Crippen molar-refractivity contribution in [3.05, 3.63) is 87.1 Å². The fourth-order valence-electron chi connectivity index (χ4n) is 3.51. The number of benzene rings is 2. The number of rotatable bonds is 2. The molecule has 5 rings (SSSR count). The summed E-state index contributed by atoms with van der Waals surface area (Å²) in [5.74, 6) is 0.913. The van der Waals surface area contributed by atoms with Crippen LogP contribution in [-0.2, 0) is 0 Å². The molecular weight excluding hydrogens is 352 g/mol. The first-order valence-electron chi connectivity index (χ1n) is 8.21. The van der Waals surface area contributed by atoms with Crippen molar-refractivity contribution in [3.8, 4) is 5.75 Å². The van der Waals surface area contributed by atoms with Crippen LogP contribution < -0.4 is 4.74 Å². The SMILES string of the molecule is Clc1ccccc1[C@@H]1Oc2ccccc2[C@@H]2CC(c3cccs3)=NN21. The number of halogens is 1. The topological polar surface area (TPSA) is 24.8 Å². The minimum absolute atomic E-state index is 0.170. The molecule has 3 nitrogen and oxygen atoms in total. The summed E-state index contributed by atoms with van der Waals surface area (Å²) >= 11 is 8.18. The largest absolute Gasteiger partial charge is 0.464 e. The minimum Gasteiger partial charge on any atom is -0.464 e. The quantitative estimate of drug-likeness (QED) is 0.586.